The van der Waals surface area contributed by atoms with Crippen LogP contribution in [0.1, 0.15) is 36.5 Å². The second kappa shape index (κ2) is 14.3. The second-order valence-electron chi connectivity index (χ2n) is 9.58. The van der Waals surface area contributed by atoms with Crippen LogP contribution >= 0.6 is 15.9 Å². The SMILES string of the molecule is CCCCNC(=O)[C@@H](Cc1ccccc1)N(Cc1ccc(C)cc1)C(=O)CN(c1ccccc1Br)S(C)(=O)=O. The van der Waals surface area contributed by atoms with Crippen LogP contribution in [0.25, 0.3) is 0 Å². The number of benzene rings is 3. The zero-order chi connectivity index (χ0) is 28.4. The van der Waals surface area contributed by atoms with Crippen LogP contribution in [0.3, 0.4) is 0 Å². The first kappa shape index (κ1) is 30.4. The van der Waals surface area contributed by atoms with Crippen LogP contribution in [0, 0.1) is 6.92 Å². The highest BCUT2D eigenvalue weighted by Crippen LogP contribution is 2.28. The largest absolute Gasteiger partial charge is 0.354 e. The Balaban J connectivity index is 2.03. The Labute approximate surface area is 240 Å². The maximum absolute atomic E-state index is 14.0. The van der Waals surface area contributed by atoms with E-state index in [1.54, 1.807) is 24.3 Å². The van der Waals surface area contributed by atoms with Crippen molar-refractivity contribution in [3.05, 3.63) is 100 Å². The lowest BCUT2D eigenvalue weighted by Crippen LogP contribution is -2.53. The molecular formula is C30H36BrN3O4S. The first-order valence-corrected chi connectivity index (χ1v) is 15.6. The van der Waals surface area contributed by atoms with Crippen LogP contribution < -0.4 is 9.62 Å². The van der Waals surface area contributed by atoms with Gasteiger partial charge in [-0.15, -0.1) is 0 Å². The van der Waals surface area contributed by atoms with Crippen molar-refractivity contribution in [1.29, 1.82) is 0 Å². The summed E-state index contributed by atoms with van der Waals surface area (Å²) >= 11 is 3.41. The Morgan fingerprint density at radius 1 is 0.923 bits per heavy atom. The van der Waals surface area contributed by atoms with Gasteiger partial charge in [0.05, 0.1) is 11.9 Å². The summed E-state index contributed by atoms with van der Waals surface area (Å²) in [5.74, 6) is -0.733. The number of unbranched alkanes of at least 4 members (excludes halogenated alkanes) is 1. The standard InChI is InChI=1S/C30H36BrN3O4S/c1-4-5-19-32-30(36)28(20-24-11-7-6-8-12-24)33(21-25-17-15-23(2)16-18-25)29(35)22-34(39(3,37)38)27-14-10-9-13-26(27)31/h6-18,28H,4-5,19-22H2,1-3H3,(H,32,36)/t28-/m1/s1. The van der Waals surface area contributed by atoms with Crippen LogP contribution in [0.15, 0.2) is 83.3 Å². The van der Waals surface area contributed by atoms with Crippen molar-refractivity contribution in [3.63, 3.8) is 0 Å². The van der Waals surface area contributed by atoms with Gasteiger partial charge in [0, 0.05) is 24.0 Å². The molecular weight excluding hydrogens is 578 g/mol. The predicted molar refractivity (Wildman–Crippen MR) is 160 cm³/mol. The molecule has 3 aromatic carbocycles. The molecule has 3 rings (SSSR count). The van der Waals surface area contributed by atoms with E-state index in [9.17, 15) is 18.0 Å². The highest BCUT2D eigenvalue weighted by Gasteiger charge is 2.33. The Hall–Kier alpha value is -3.17. The first-order valence-electron chi connectivity index (χ1n) is 13.0. The molecule has 0 aliphatic rings. The number of amides is 2. The molecule has 0 heterocycles. The monoisotopic (exact) mass is 613 g/mol. The zero-order valence-electron chi connectivity index (χ0n) is 22.6. The Morgan fingerprint density at radius 2 is 1.56 bits per heavy atom. The maximum atomic E-state index is 14.0. The highest BCUT2D eigenvalue weighted by atomic mass is 79.9. The van der Waals surface area contributed by atoms with Crippen molar-refractivity contribution in [2.45, 2.75) is 45.7 Å². The van der Waals surface area contributed by atoms with Crippen molar-refractivity contribution in [2.75, 3.05) is 23.7 Å². The van der Waals surface area contributed by atoms with Crippen LogP contribution in [0.2, 0.25) is 0 Å². The summed E-state index contributed by atoms with van der Waals surface area (Å²) in [5.41, 5.74) is 3.18. The molecule has 39 heavy (non-hydrogen) atoms. The molecule has 0 radical (unpaired) electrons. The number of nitrogens with one attached hydrogen (secondary N) is 1. The van der Waals surface area contributed by atoms with Crippen LogP contribution in [0.5, 0.6) is 0 Å². The number of nitrogens with zero attached hydrogens (tertiary/aromatic N) is 2. The number of carbonyl (C=O) groups excluding carboxylic acids is 2. The maximum Gasteiger partial charge on any atom is 0.244 e. The van der Waals surface area contributed by atoms with E-state index in [1.165, 1.54) is 4.90 Å². The Bertz CT molecular complexity index is 1350. The van der Waals surface area contributed by atoms with Gasteiger partial charge in [0.1, 0.15) is 12.6 Å². The van der Waals surface area contributed by atoms with Gasteiger partial charge in [0.2, 0.25) is 21.8 Å². The molecule has 7 nitrogen and oxygen atoms in total. The van der Waals surface area contributed by atoms with Gasteiger partial charge in [0.15, 0.2) is 0 Å². The summed E-state index contributed by atoms with van der Waals surface area (Å²) in [6.45, 7) is 4.24. The average molecular weight is 615 g/mol. The quantitative estimate of drug-likeness (QED) is 0.272. The van der Waals surface area contributed by atoms with Gasteiger partial charge >= 0.3 is 0 Å². The van der Waals surface area contributed by atoms with E-state index in [0.29, 0.717) is 23.1 Å². The summed E-state index contributed by atoms with van der Waals surface area (Å²) in [6, 6.07) is 23.3. The van der Waals surface area contributed by atoms with E-state index < -0.39 is 28.5 Å². The number of hydrogen-bond acceptors (Lipinski definition) is 4. The molecule has 9 heteroatoms. The number of rotatable bonds is 13. The number of para-hydroxylation sites is 1. The molecule has 0 bridgehead atoms. The smallest absolute Gasteiger partial charge is 0.244 e. The minimum atomic E-state index is -3.81. The van der Waals surface area contributed by atoms with Crippen molar-refractivity contribution < 1.29 is 18.0 Å². The molecule has 0 aliphatic heterocycles. The van der Waals surface area contributed by atoms with E-state index in [1.807, 2.05) is 68.4 Å². The molecule has 208 valence electrons. The lowest BCUT2D eigenvalue weighted by molar-refractivity contribution is -0.140. The van der Waals surface area contributed by atoms with Gasteiger partial charge in [0.25, 0.3) is 0 Å². The Morgan fingerprint density at radius 3 is 2.18 bits per heavy atom. The minimum absolute atomic E-state index is 0.158. The average Bonchev–Trinajstić information content (AvgIpc) is 2.91. The lowest BCUT2D eigenvalue weighted by atomic mass is 10.0. The van der Waals surface area contributed by atoms with Gasteiger partial charge in [-0.05, 0) is 52.5 Å². The molecule has 0 saturated carbocycles. The summed E-state index contributed by atoms with van der Waals surface area (Å²) in [5, 5.41) is 2.99. The lowest BCUT2D eigenvalue weighted by Gasteiger charge is -2.33. The highest BCUT2D eigenvalue weighted by molar-refractivity contribution is 9.10. The second-order valence-corrected chi connectivity index (χ2v) is 12.3. The van der Waals surface area contributed by atoms with Gasteiger partial charge in [-0.2, -0.15) is 0 Å². The first-order chi connectivity index (χ1) is 18.6. The molecule has 1 atom stereocenters. The third-order valence-electron chi connectivity index (χ3n) is 6.37. The van der Waals surface area contributed by atoms with Crippen LogP contribution in [0.4, 0.5) is 5.69 Å². The molecule has 0 unspecified atom stereocenters. The third kappa shape index (κ3) is 8.93. The predicted octanol–water partition coefficient (Wildman–Crippen LogP) is 5.08. The van der Waals surface area contributed by atoms with Gasteiger partial charge in [-0.1, -0.05) is 85.6 Å². The summed E-state index contributed by atoms with van der Waals surface area (Å²) < 4.78 is 27.4. The van der Waals surface area contributed by atoms with Crippen molar-refractivity contribution in [2.24, 2.45) is 0 Å². The third-order valence-corrected chi connectivity index (χ3v) is 8.17. The van der Waals surface area contributed by atoms with Gasteiger partial charge < -0.3 is 10.2 Å². The minimum Gasteiger partial charge on any atom is -0.354 e. The molecule has 1 N–H and O–H groups in total. The molecule has 0 saturated heterocycles. The normalized spacial score (nSPS) is 12.0. The summed E-state index contributed by atoms with van der Waals surface area (Å²) in [6.07, 6.45) is 3.11. The summed E-state index contributed by atoms with van der Waals surface area (Å²) in [4.78, 5) is 29.1. The van der Waals surface area contributed by atoms with Crippen LogP contribution in [-0.4, -0.2) is 50.5 Å². The Kier molecular flexibility index (Phi) is 11.1. The van der Waals surface area contributed by atoms with E-state index in [2.05, 4.69) is 21.2 Å². The number of anilines is 1. The topological polar surface area (TPSA) is 86.8 Å². The van der Waals surface area contributed by atoms with Gasteiger partial charge in [-0.25, -0.2) is 8.42 Å². The number of sulfonamides is 1. The van der Waals surface area contributed by atoms with Crippen LogP contribution in [-0.2, 0) is 32.6 Å². The van der Waals surface area contributed by atoms with E-state index in [0.717, 1.165) is 40.1 Å². The molecule has 2 amide bonds. The zero-order valence-corrected chi connectivity index (χ0v) is 25.0. The van der Waals surface area contributed by atoms with E-state index >= 15 is 0 Å². The van der Waals surface area contributed by atoms with E-state index in [-0.39, 0.29) is 12.5 Å². The molecule has 3 aromatic rings. The number of carbonyl (C=O) groups is 2. The van der Waals surface area contributed by atoms with Crippen molar-refractivity contribution in [1.82, 2.24) is 10.2 Å². The molecule has 0 fully saturated rings. The van der Waals surface area contributed by atoms with Crippen molar-refractivity contribution >= 4 is 43.5 Å². The molecule has 0 spiro atoms. The fraction of sp³-hybridized carbons (Fsp3) is 0.333. The molecule has 0 aliphatic carbocycles. The number of halogens is 1. The number of aryl methyl sites for hydroxylation is 1. The van der Waals surface area contributed by atoms with Gasteiger partial charge in [-0.3, -0.25) is 13.9 Å². The molecule has 0 aromatic heterocycles. The van der Waals surface area contributed by atoms with E-state index in [4.69, 9.17) is 0 Å². The fourth-order valence-electron chi connectivity index (χ4n) is 4.20. The number of hydrogen-bond donors (Lipinski definition) is 1. The summed E-state index contributed by atoms with van der Waals surface area (Å²) in [7, 11) is -3.81. The fourth-order valence-corrected chi connectivity index (χ4v) is 5.68. The van der Waals surface area contributed by atoms with Crippen molar-refractivity contribution in [3.8, 4) is 0 Å².